The maximum Gasteiger partial charge on any atom is 0.255 e. The maximum atomic E-state index is 12.4. The molecule has 0 radical (unpaired) electrons. The van der Waals surface area contributed by atoms with E-state index in [2.05, 4.69) is 5.32 Å². The maximum absolute atomic E-state index is 12.4. The first-order valence-corrected chi connectivity index (χ1v) is 7.84. The number of likely N-dealkylation sites (tertiary alicyclic amines) is 1. The summed E-state index contributed by atoms with van der Waals surface area (Å²) in [5.41, 5.74) is 0.415. The topological polar surface area (TPSA) is 67.9 Å². The fourth-order valence-electron chi connectivity index (χ4n) is 2.61. The van der Waals surface area contributed by atoms with Gasteiger partial charge in [0.1, 0.15) is 12.4 Å². The Morgan fingerprint density at radius 1 is 1.30 bits per heavy atom. The highest BCUT2D eigenvalue weighted by atomic mass is 35.5. The first-order valence-electron chi connectivity index (χ1n) is 7.46. The average molecular weight is 341 g/mol. The number of nitrogens with one attached hydrogen (secondary N) is 1. The molecule has 1 saturated heterocycles. The van der Waals surface area contributed by atoms with Gasteiger partial charge in [-0.15, -0.1) is 0 Å². The van der Waals surface area contributed by atoms with Crippen molar-refractivity contribution in [1.29, 1.82) is 0 Å². The Balaban J connectivity index is 1.93. The normalized spacial score (nSPS) is 15.3. The lowest BCUT2D eigenvalue weighted by atomic mass is 10.0. The molecule has 0 aromatic heterocycles. The van der Waals surface area contributed by atoms with Crippen LogP contribution in [-0.2, 0) is 9.53 Å². The van der Waals surface area contributed by atoms with E-state index in [0.717, 1.165) is 0 Å². The number of piperidine rings is 1. The summed E-state index contributed by atoms with van der Waals surface area (Å²) in [5, 5.41) is 3.46. The third-order valence-electron chi connectivity index (χ3n) is 3.86. The summed E-state index contributed by atoms with van der Waals surface area (Å²) >= 11 is 5.95. The number of carbonyl (C=O) groups excluding carboxylic acids is 2. The van der Waals surface area contributed by atoms with Crippen LogP contribution in [0.5, 0.6) is 5.75 Å². The summed E-state index contributed by atoms with van der Waals surface area (Å²) in [6.45, 7) is 1.32. The van der Waals surface area contributed by atoms with Crippen LogP contribution < -0.4 is 10.1 Å². The summed E-state index contributed by atoms with van der Waals surface area (Å²) in [4.78, 5) is 25.9. The molecule has 1 aromatic rings. The van der Waals surface area contributed by atoms with Crippen molar-refractivity contribution in [3.05, 3.63) is 28.8 Å². The van der Waals surface area contributed by atoms with Crippen LogP contribution in [0.2, 0.25) is 5.02 Å². The number of methoxy groups -OCH3 is 2. The number of hydrogen-bond acceptors (Lipinski definition) is 4. The van der Waals surface area contributed by atoms with Crippen molar-refractivity contribution in [2.75, 3.05) is 33.9 Å². The SMILES string of the molecule is COCC(=O)N1CCC(NC(=O)c2cc(Cl)ccc2OC)CC1. The van der Waals surface area contributed by atoms with Gasteiger partial charge in [-0.1, -0.05) is 11.6 Å². The molecule has 0 bridgehead atoms. The first-order chi connectivity index (χ1) is 11.0. The van der Waals surface area contributed by atoms with Crippen LogP contribution in [0, 0.1) is 0 Å². The largest absolute Gasteiger partial charge is 0.496 e. The van der Waals surface area contributed by atoms with Crippen LogP contribution in [0.3, 0.4) is 0 Å². The standard InChI is InChI=1S/C16H21ClN2O4/c1-22-10-15(20)19-7-5-12(6-8-19)18-16(21)13-9-11(17)3-4-14(13)23-2/h3-4,9,12H,5-8,10H2,1-2H3,(H,18,21). The van der Waals surface area contributed by atoms with Gasteiger partial charge in [0.2, 0.25) is 5.91 Å². The van der Waals surface area contributed by atoms with Gasteiger partial charge in [-0.3, -0.25) is 9.59 Å². The summed E-state index contributed by atoms with van der Waals surface area (Å²) in [6, 6.07) is 4.96. The Morgan fingerprint density at radius 3 is 2.61 bits per heavy atom. The second-order valence-electron chi connectivity index (χ2n) is 5.41. The van der Waals surface area contributed by atoms with Crippen molar-refractivity contribution < 1.29 is 19.1 Å². The number of amides is 2. The zero-order valence-corrected chi connectivity index (χ0v) is 14.1. The predicted molar refractivity (Wildman–Crippen MR) is 86.9 cm³/mol. The zero-order chi connectivity index (χ0) is 16.8. The Kier molecular flexibility index (Phi) is 6.24. The van der Waals surface area contributed by atoms with Crippen LogP contribution in [0.4, 0.5) is 0 Å². The Bertz CT molecular complexity index is 571. The molecular weight excluding hydrogens is 320 g/mol. The van der Waals surface area contributed by atoms with E-state index in [1.165, 1.54) is 14.2 Å². The van der Waals surface area contributed by atoms with E-state index in [0.29, 0.717) is 42.3 Å². The van der Waals surface area contributed by atoms with Gasteiger partial charge in [0.05, 0.1) is 12.7 Å². The fraction of sp³-hybridized carbons (Fsp3) is 0.500. The van der Waals surface area contributed by atoms with E-state index in [9.17, 15) is 9.59 Å². The van der Waals surface area contributed by atoms with Gasteiger partial charge >= 0.3 is 0 Å². The first kappa shape index (κ1) is 17.6. The van der Waals surface area contributed by atoms with Crippen LogP contribution in [-0.4, -0.2) is 56.7 Å². The molecule has 6 nitrogen and oxygen atoms in total. The van der Waals surface area contributed by atoms with Crippen LogP contribution in [0.25, 0.3) is 0 Å². The van der Waals surface area contributed by atoms with Crippen molar-refractivity contribution in [1.82, 2.24) is 10.2 Å². The van der Waals surface area contributed by atoms with Gasteiger partial charge in [-0.05, 0) is 31.0 Å². The van der Waals surface area contributed by atoms with E-state index >= 15 is 0 Å². The van der Waals surface area contributed by atoms with Gasteiger partial charge in [0.15, 0.2) is 0 Å². The lowest BCUT2D eigenvalue weighted by Gasteiger charge is -2.32. The van der Waals surface area contributed by atoms with Gasteiger partial charge in [0, 0.05) is 31.3 Å². The Hall–Kier alpha value is -1.79. The number of halogens is 1. The minimum atomic E-state index is -0.217. The molecule has 1 aliphatic rings. The van der Waals surface area contributed by atoms with Crippen LogP contribution in [0.15, 0.2) is 18.2 Å². The van der Waals surface area contributed by atoms with Crippen LogP contribution in [0.1, 0.15) is 23.2 Å². The lowest BCUT2D eigenvalue weighted by Crippen LogP contribution is -2.47. The average Bonchev–Trinajstić information content (AvgIpc) is 2.55. The highest BCUT2D eigenvalue weighted by Crippen LogP contribution is 2.23. The molecule has 1 N–H and O–H groups in total. The highest BCUT2D eigenvalue weighted by molar-refractivity contribution is 6.31. The van der Waals surface area contributed by atoms with Gasteiger partial charge in [-0.2, -0.15) is 0 Å². The Morgan fingerprint density at radius 2 is 2.00 bits per heavy atom. The minimum Gasteiger partial charge on any atom is -0.496 e. The number of benzene rings is 1. The van der Waals surface area contributed by atoms with Crippen molar-refractivity contribution in [3.63, 3.8) is 0 Å². The molecule has 1 aromatic carbocycles. The summed E-state index contributed by atoms with van der Waals surface area (Å²) in [6.07, 6.45) is 1.42. The molecule has 23 heavy (non-hydrogen) atoms. The van der Waals surface area contributed by atoms with Gasteiger partial charge < -0.3 is 19.7 Å². The second kappa shape index (κ2) is 8.17. The summed E-state index contributed by atoms with van der Waals surface area (Å²) in [5.74, 6) is 0.249. The molecule has 0 spiro atoms. The number of nitrogens with zero attached hydrogens (tertiary/aromatic N) is 1. The molecule has 1 heterocycles. The smallest absolute Gasteiger partial charge is 0.255 e. The van der Waals surface area contributed by atoms with E-state index in [1.54, 1.807) is 23.1 Å². The second-order valence-corrected chi connectivity index (χ2v) is 5.84. The predicted octanol–water partition coefficient (Wildman–Crippen LogP) is 1.72. The third kappa shape index (κ3) is 4.59. The number of carbonyl (C=O) groups is 2. The molecule has 2 amide bonds. The third-order valence-corrected chi connectivity index (χ3v) is 4.09. The van der Waals surface area contributed by atoms with Gasteiger partial charge in [0.25, 0.3) is 5.91 Å². The highest BCUT2D eigenvalue weighted by Gasteiger charge is 2.24. The van der Waals surface area contributed by atoms with Crippen molar-refractivity contribution in [3.8, 4) is 5.75 Å². The molecule has 0 atom stereocenters. The monoisotopic (exact) mass is 340 g/mol. The molecule has 1 aliphatic heterocycles. The summed E-state index contributed by atoms with van der Waals surface area (Å²) < 4.78 is 10.1. The van der Waals surface area contributed by atoms with Crippen molar-refractivity contribution in [2.45, 2.75) is 18.9 Å². The van der Waals surface area contributed by atoms with E-state index in [1.807, 2.05) is 0 Å². The molecular formula is C16H21ClN2O4. The van der Waals surface area contributed by atoms with Crippen LogP contribution >= 0.6 is 11.6 Å². The van der Waals surface area contributed by atoms with E-state index < -0.39 is 0 Å². The number of rotatable bonds is 5. The van der Waals surface area contributed by atoms with E-state index in [4.69, 9.17) is 21.1 Å². The fourth-order valence-corrected chi connectivity index (χ4v) is 2.78. The Labute approximate surface area is 140 Å². The van der Waals surface area contributed by atoms with Crippen molar-refractivity contribution in [2.24, 2.45) is 0 Å². The number of ether oxygens (including phenoxy) is 2. The molecule has 2 rings (SSSR count). The molecule has 1 fully saturated rings. The summed E-state index contributed by atoms with van der Waals surface area (Å²) in [7, 11) is 3.02. The minimum absolute atomic E-state index is 0.0196. The zero-order valence-electron chi connectivity index (χ0n) is 13.3. The molecule has 0 saturated carbocycles. The molecule has 0 unspecified atom stereocenters. The van der Waals surface area contributed by atoms with Crippen molar-refractivity contribution >= 4 is 23.4 Å². The molecule has 7 heteroatoms. The van der Waals surface area contributed by atoms with E-state index in [-0.39, 0.29) is 24.5 Å². The number of hydrogen-bond donors (Lipinski definition) is 1. The molecule has 0 aliphatic carbocycles. The van der Waals surface area contributed by atoms with Gasteiger partial charge in [-0.25, -0.2) is 0 Å². The lowest BCUT2D eigenvalue weighted by molar-refractivity contribution is -0.136. The molecule has 126 valence electrons. The quantitative estimate of drug-likeness (QED) is 0.886.